The quantitative estimate of drug-likeness (QED) is 0.651. The van der Waals surface area contributed by atoms with Gasteiger partial charge in [0, 0.05) is 18.7 Å². The number of hydrogen-bond donors (Lipinski definition) is 1. The van der Waals surface area contributed by atoms with E-state index in [9.17, 15) is 14.9 Å². The van der Waals surface area contributed by atoms with Gasteiger partial charge in [0.25, 0.3) is 5.69 Å². The predicted molar refractivity (Wildman–Crippen MR) is 91.6 cm³/mol. The number of nitrogens with two attached hydrogens (primary N) is 1. The van der Waals surface area contributed by atoms with Crippen LogP contribution in [0.1, 0.15) is 26.3 Å². The molecule has 9 nitrogen and oxygen atoms in total. The van der Waals surface area contributed by atoms with Gasteiger partial charge >= 0.3 is 6.09 Å². The second-order valence-corrected chi connectivity index (χ2v) is 6.68. The van der Waals surface area contributed by atoms with Crippen molar-refractivity contribution < 1.29 is 23.9 Å². The predicted octanol–water partition coefficient (Wildman–Crippen LogP) is 2.20. The standard InChI is InChI=1S/C16H23N3O6/c1-16(2,3)12-13(18-5-7-24-8-6-18)10(19(21)22)9-11(14(12)23-4)25-15(17)20/h9H,5-8H2,1-4H3,(H2,17,20). The summed E-state index contributed by atoms with van der Waals surface area (Å²) in [6, 6.07) is 1.18. The average Bonchev–Trinajstić information content (AvgIpc) is 2.53. The van der Waals surface area contributed by atoms with Crippen molar-refractivity contribution in [3.63, 3.8) is 0 Å². The summed E-state index contributed by atoms with van der Waals surface area (Å²) in [5.41, 5.74) is 5.46. The summed E-state index contributed by atoms with van der Waals surface area (Å²) in [6.45, 7) is 7.71. The van der Waals surface area contributed by atoms with Crippen molar-refractivity contribution in [2.24, 2.45) is 5.73 Å². The van der Waals surface area contributed by atoms with E-state index in [1.54, 1.807) is 0 Å². The van der Waals surface area contributed by atoms with Crippen LogP contribution in [-0.2, 0) is 10.2 Å². The molecule has 1 fully saturated rings. The number of nitro benzene ring substituents is 1. The minimum Gasteiger partial charge on any atom is -0.492 e. The number of nitrogens with zero attached hydrogens (tertiary/aromatic N) is 2. The molecular formula is C16H23N3O6. The van der Waals surface area contributed by atoms with Crippen LogP contribution < -0.4 is 20.1 Å². The molecule has 138 valence electrons. The number of nitro groups is 1. The molecule has 1 saturated heterocycles. The third-order valence-electron chi connectivity index (χ3n) is 3.89. The number of primary amides is 1. The van der Waals surface area contributed by atoms with Crippen molar-refractivity contribution in [2.75, 3.05) is 38.3 Å². The number of hydrogen-bond acceptors (Lipinski definition) is 7. The van der Waals surface area contributed by atoms with Gasteiger partial charge < -0.3 is 24.8 Å². The first-order chi connectivity index (χ1) is 11.7. The number of rotatable bonds is 4. The van der Waals surface area contributed by atoms with Gasteiger partial charge in [0.15, 0.2) is 11.5 Å². The summed E-state index contributed by atoms with van der Waals surface area (Å²) < 4.78 is 15.8. The van der Waals surface area contributed by atoms with Gasteiger partial charge in [0.1, 0.15) is 5.69 Å². The number of methoxy groups -OCH3 is 1. The number of carbonyl (C=O) groups excluding carboxylic acids is 1. The van der Waals surface area contributed by atoms with Gasteiger partial charge in [-0.2, -0.15) is 0 Å². The van der Waals surface area contributed by atoms with Crippen LogP contribution in [0.25, 0.3) is 0 Å². The highest BCUT2D eigenvalue weighted by Crippen LogP contribution is 2.49. The molecule has 1 aliphatic rings. The fourth-order valence-electron chi connectivity index (χ4n) is 2.95. The molecule has 0 bridgehead atoms. The topological polar surface area (TPSA) is 117 Å². The molecule has 1 heterocycles. The first-order valence-electron chi connectivity index (χ1n) is 7.86. The van der Waals surface area contributed by atoms with Crippen molar-refractivity contribution in [3.8, 4) is 11.5 Å². The molecule has 2 N–H and O–H groups in total. The van der Waals surface area contributed by atoms with Crippen LogP contribution in [0.5, 0.6) is 11.5 Å². The Bertz CT molecular complexity index is 677. The van der Waals surface area contributed by atoms with Gasteiger partial charge in [-0.1, -0.05) is 20.8 Å². The van der Waals surface area contributed by atoms with Crippen LogP contribution in [0, 0.1) is 10.1 Å². The molecule has 0 unspecified atom stereocenters. The van der Waals surface area contributed by atoms with E-state index >= 15 is 0 Å². The van der Waals surface area contributed by atoms with Crippen LogP contribution in [-0.4, -0.2) is 44.4 Å². The maximum absolute atomic E-state index is 11.7. The lowest BCUT2D eigenvalue weighted by molar-refractivity contribution is -0.384. The molecule has 1 aliphatic heterocycles. The fourth-order valence-corrected chi connectivity index (χ4v) is 2.95. The maximum Gasteiger partial charge on any atom is 0.410 e. The lowest BCUT2D eigenvalue weighted by Gasteiger charge is -2.34. The third-order valence-corrected chi connectivity index (χ3v) is 3.89. The molecule has 0 radical (unpaired) electrons. The molecule has 1 aromatic rings. The van der Waals surface area contributed by atoms with E-state index in [4.69, 9.17) is 19.9 Å². The highest BCUT2D eigenvalue weighted by atomic mass is 16.6. The number of ether oxygens (including phenoxy) is 3. The molecule has 1 aromatic carbocycles. The molecule has 0 saturated carbocycles. The van der Waals surface area contributed by atoms with E-state index in [1.165, 1.54) is 13.2 Å². The zero-order valence-electron chi connectivity index (χ0n) is 14.8. The van der Waals surface area contributed by atoms with E-state index < -0.39 is 16.4 Å². The van der Waals surface area contributed by atoms with Gasteiger partial charge in [-0.25, -0.2) is 4.79 Å². The minimum absolute atomic E-state index is 0.0661. The number of amides is 1. The monoisotopic (exact) mass is 353 g/mol. The van der Waals surface area contributed by atoms with E-state index in [0.29, 0.717) is 37.6 Å². The molecule has 1 amide bonds. The largest absolute Gasteiger partial charge is 0.492 e. The molecule has 2 rings (SSSR count). The molecule has 9 heteroatoms. The highest BCUT2D eigenvalue weighted by Gasteiger charge is 2.36. The van der Waals surface area contributed by atoms with Crippen LogP contribution in [0.3, 0.4) is 0 Å². The molecule has 0 aromatic heterocycles. The Kier molecular flexibility index (Phi) is 5.36. The summed E-state index contributed by atoms with van der Waals surface area (Å²) in [6.07, 6.45) is -1.06. The second kappa shape index (κ2) is 7.14. The normalized spacial score (nSPS) is 15.0. The summed E-state index contributed by atoms with van der Waals surface area (Å²) in [5.74, 6) is 0.196. The summed E-state index contributed by atoms with van der Waals surface area (Å²) in [7, 11) is 1.42. The number of anilines is 1. The zero-order valence-corrected chi connectivity index (χ0v) is 14.8. The Morgan fingerprint density at radius 2 is 1.96 bits per heavy atom. The van der Waals surface area contributed by atoms with E-state index in [1.807, 2.05) is 25.7 Å². The van der Waals surface area contributed by atoms with Crippen molar-refractivity contribution in [3.05, 3.63) is 21.7 Å². The third kappa shape index (κ3) is 3.93. The first kappa shape index (κ1) is 18.8. The molecule has 0 aliphatic carbocycles. The number of morpholine rings is 1. The smallest absolute Gasteiger partial charge is 0.410 e. The van der Waals surface area contributed by atoms with Gasteiger partial charge in [0.2, 0.25) is 0 Å². The van der Waals surface area contributed by atoms with Gasteiger partial charge in [-0.3, -0.25) is 10.1 Å². The maximum atomic E-state index is 11.7. The summed E-state index contributed by atoms with van der Waals surface area (Å²) >= 11 is 0. The Morgan fingerprint density at radius 1 is 1.36 bits per heavy atom. The zero-order chi connectivity index (χ0) is 18.8. The minimum atomic E-state index is -1.06. The molecular weight excluding hydrogens is 330 g/mol. The van der Waals surface area contributed by atoms with E-state index in [-0.39, 0.29) is 17.2 Å². The SMILES string of the molecule is COc1c(OC(N)=O)cc([N+](=O)[O-])c(N2CCOCC2)c1C(C)(C)C. The van der Waals surface area contributed by atoms with E-state index in [0.717, 1.165) is 0 Å². The van der Waals surface area contributed by atoms with Crippen molar-refractivity contribution in [1.29, 1.82) is 0 Å². The summed E-state index contributed by atoms with van der Waals surface area (Å²) in [5, 5.41) is 11.7. The molecule has 0 spiro atoms. The lowest BCUT2D eigenvalue weighted by atomic mass is 9.83. The van der Waals surface area contributed by atoms with E-state index in [2.05, 4.69) is 0 Å². The second-order valence-electron chi connectivity index (χ2n) is 6.68. The Balaban J connectivity index is 2.81. The average molecular weight is 353 g/mol. The Hall–Kier alpha value is -2.55. The molecule has 0 atom stereocenters. The lowest BCUT2D eigenvalue weighted by Crippen LogP contribution is -2.38. The first-order valence-corrected chi connectivity index (χ1v) is 7.86. The van der Waals surface area contributed by atoms with Crippen LogP contribution in [0.4, 0.5) is 16.2 Å². The fraction of sp³-hybridized carbons (Fsp3) is 0.562. The van der Waals surface area contributed by atoms with Crippen molar-refractivity contribution >= 4 is 17.5 Å². The van der Waals surface area contributed by atoms with Crippen LogP contribution in [0.2, 0.25) is 0 Å². The summed E-state index contributed by atoms with van der Waals surface area (Å²) in [4.78, 5) is 24.3. The van der Waals surface area contributed by atoms with Gasteiger partial charge in [-0.05, 0) is 5.41 Å². The van der Waals surface area contributed by atoms with Crippen molar-refractivity contribution in [2.45, 2.75) is 26.2 Å². The Morgan fingerprint density at radius 3 is 2.40 bits per heavy atom. The van der Waals surface area contributed by atoms with Crippen LogP contribution >= 0.6 is 0 Å². The van der Waals surface area contributed by atoms with Crippen LogP contribution in [0.15, 0.2) is 6.07 Å². The van der Waals surface area contributed by atoms with Gasteiger partial charge in [-0.15, -0.1) is 0 Å². The van der Waals surface area contributed by atoms with Crippen molar-refractivity contribution in [1.82, 2.24) is 0 Å². The molecule has 25 heavy (non-hydrogen) atoms. The number of benzene rings is 1. The van der Waals surface area contributed by atoms with Gasteiger partial charge in [0.05, 0.1) is 31.3 Å². The Labute approximate surface area is 145 Å². The number of carbonyl (C=O) groups is 1. The highest BCUT2D eigenvalue weighted by molar-refractivity contribution is 5.79.